The maximum Gasteiger partial charge on any atom is 0.347 e. The van der Waals surface area contributed by atoms with Crippen LogP contribution >= 0.6 is 0 Å². The van der Waals surface area contributed by atoms with Crippen LogP contribution in [-0.4, -0.2) is 59.5 Å². The second-order valence-electron chi connectivity index (χ2n) is 8.97. The fourth-order valence-electron chi connectivity index (χ4n) is 4.73. The molecule has 35 heavy (non-hydrogen) atoms. The molecule has 0 aliphatic carbocycles. The molecule has 0 atom stereocenters. The number of likely N-dealkylation sites (N-methyl/N-ethyl adjacent to an activating group) is 1. The molecule has 0 unspecified atom stereocenters. The fourth-order valence-corrected chi connectivity index (χ4v) is 4.73. The van der Waals surface area contributed by atoms with Gasteiger partial charge in [0.1, 0.15) is 0 Å². The molecule has 1 amide bonds. The summed E-state index contributed by atoms with van der Waals surface area (Å²) in [5, 5.41) is 12.8. The second-order valence-corrected chi connectivity index (χ2v) is 8.97. The van der Waals surface area contributed by atoms with Crippen molar-refractivity contribution in [1.82, 2.24) is 9.30 Å². The number of amides is 1. The molecule has 9 nitrogen and oxygen atoms in total. The van der Waals surface area contributed by atoms with Gasteiger partial charge in [-0.05, 0) is 55.9 Å². The number of benzene rings is 2. The van der Waals surface area contributed by atoms with Crippen molar-refractivity contribution in [1.29, 1.82) is 0 Å². The topological polar surface area (TPSA) is 107 Å². The highest BCUT2D eigenvalue weighted by molar-refractivity contribution is 5.97. The molecule has 0 bridgehead atoms. The number of carboxylic acids is 1. The monoisotopic (exact) mass is 474 g/mol. The van der Waals surface area contributed by atoms with Gasteiger partial charge in [0.25, 0.3) is 0 Å². The van der Waals surface area contributed by atoms with Crippen LogP contribution in [0.1, 0.15) is 23.0 Å². The zero-order chi connectivity index (χ0) is 24.9. The molecule has 0 radical (unpaired) electrons. The Balaban J connectivity index is 1.67. The largest absolute Gasteiger partial charge is 0.478 e. The summed E-state index contributed by atoms with van der Waals surface area (Å²) in [4.78, 5) is 40.6. The molecule has 1 aliphatic rings. The molecule has 1 fully saturated rings. The van der Waals surface area contributed by atoms with E-state index in [0.717, 1.165) is 37.4 Å². The van der Waals surface area contributed by atoms with Crippen LogP contribution < -0.4 is 15.8 Å². The van der Waals surface area contributed by atoms with Gasteiger partial charge >= 0.3 is 11.6 Å². The van der Waals surface area contributed by atoms with E-state index in [0.29, 0.717) is 33.6 Å². The fraction of sp³-hybridized carbons (Fsp3) is 0.269. The molecule has 5 rings (SSSR count). The predicted molar refractivity (Wildman–Crippen MR) is 135 cm³/mol. The molecule has 2 N–H and O–H groups in total. The van der Waals surface area contributed by atoms with Crippen LogP contribution in [0, 0.1) is 6.92 Å². The zero-order valence-electron chi connectivity index (χ0n) is 19.8. The first-order valence-corrected chi connectivity index (χ1v) is 11.4. The number of hydrogen-bond acceptors (Lipinski definition) is 6. The Labute approximate surface area is 201 Å². The van der Waals surface area contributed by atoms with E-state index < -0.39 is 11.6 Å². The Bertz CT molecular complexity index is 1540. The normalized spacial score (nSPS) is 14.5. The van der Waals surface area contributed by atoms with E-state index in [2.05, 4.69) is 15.1 Å². The summed E-state index contributed by atoms with van der Waals surface area (Å²) in [5.41, 5.74) is 4.30. The summed E-state index contributed by atoms with van der Waals surface area (Å²) in [6, 6.07) is 12.3. The molecule has 0 saturated carbocycles. The lowest BCUT2D eigenvalue weighted by atomic mass is 10.0. The van der Waals surface area contributed by atoms with E-state index in [1.165, 1.54) is 6.92 Å². The number of carbonyl (C=O) groups excluding carboxylic acids is 1. The van der Waals surface area contributed by atoms with E-state index >= 15 is 0 Å². The first-order chi connectivity index (χ1) is 16.7. The number of anilines is 2. The Hall–Kier alpha value is -4.11. The van der Waals surface area contributed by atoms with Crippen molar-refractivity contribution in [3.63, 3.8) is 0 Å². The van der Waals surface area contributed by atoms with Gasteiger partial charge in [0.05, 0.1) is 22.2 Å². The lowest BCUT2D eigenvalue weighted by Gasteiger charge is -2.35. The lowest BCUT2D eigenvalue weighted by Crippen LogP contribution is -2.45. The van der Waals surface area contributed by atoms with Gasteiger partial charge < -0.3 is 24.6 Å². The van der Waals surface area contributed by atoms with Crippen LogP contribution in [0.4, 0.5) is 11.4 Å². The molecule has 1 aliphatic heterocycles. The van der Waals surface area contributed by atoms with E-state index in [4.69, 9.17) is 4.42 Å². The minimum absolute atomic E-state index is 0.227. The molecule has 4 aromatic rings. The maximum absolute atomic E-state index is 12.9. The van der Waals surface area contributed by atoms with Gasteiger partial charge in [0.2, 0.25) is 11.6 Å². The van der Waals surface area contributed by atoms with Crippen LogP contribution in [0.25, 0.3) is 27.7 Å². The van der Waals surface area contributed by atoms with E-state index in [-0.39, 0.29) is 11.5 Å². The van der Waals surface area contributed by atoms with E-state index in [1.54, 1.807) is 30.3 Å². The number of fused-ring (bicyclic) bond motifs is 3. The van der Waals surface area contributed by atoms with Crippen molar-refractivity contribution < 1.29 is 19.1 Å². The van der Waals surface area contributed by atoms with Crippen molar-refractivity contribution in [2.24, 2.45) is 0 Å². The van der Waals surface area contributed by atoms with Gasteiger partial charge in [0.15, 0.2) is 0 Å². The van der Waals surface area contributed by atoms with Crippen molar-refractivity contribution in [2.45, 2.75) is 13.8 Å². The van der Waals surface area contributed by atoms with Gasteiger partial charge in [-0.2, -0.15) is 0 Å². The van der Waals surface area contributed by atoms with Gasteiger partial charge in [-0.1, -0.05) is 6.07 Å². The highest BCUT2D eigenvalue weighted by Crippen LogP contribution is 2.34. The SMILES string of the molecule is CC(=O)Nc1ccc2c(c1)c(=O)oc1c(-c3ccc(C(=O)O)c(N4CCN(C)CC4)c3)cc(C)n12. The minimum atomic E-state index is -0.976. The molecule has 2 aromatic heterocycles. The third-order valence-electron chi connectivity index (χ3n) is 6.49. The summed E-state index contributed by atoms with van der Waals surface area (Å²) in [6.07, 6.45) is 0. The number of nitrogens with zero attached hydrogens (tertiary/aromatic N) is 3. The minimum Gasteiger partial charge on any atom is -0.478 e. The number of rotatable bonds is 4. The second kappa shape index (κ2) is 8.59. The molecule has 3 heterocycles. The highest BCUT2D eigenvalue weighted by Gasteiger charge is 2.23. The predicted octanol–water partition coefficient (Wildman–Crippen LogP) is 3.43. The quantitative estimate of drug-likeness (QED) is 0.467. The number of aromatic nitrogens is 1. The van der Waals surface area contributed by atoms with Gasteiger partial charge in [-0.25, -0.2) is 9.59 Å². The third kappa shape index (κ3) is 4.04. The van der Waals surface area contributed by atoms with Crippen molar-refractivity contribution >= 4 is 39.9 Å². The number of carboxylic acid groups (broad SMARTS) is 1. The summed E-state index contributed by atoms with van der Waals surface area (Å²) in [7, 11) is 2.05. The first-order valence-electron chi connectivity index (χ1n) is 11.4. The van der Waals surface area contributed by atoms with Gasteiger partial charge in [-0.15, -0.1) is 0 Å². The smallest absolute Gasteiger partial charge is 0.347 e. The summed E-state index contributed by atoms with van der Waals surface area (Å²) in [5.74, 6) is -1.20. The van der Waals surface area contributed by atoms with Gasteiger partial charge in [-0.3, -0.25) is 9.20 Å². The number of piperazine rings is 1. The number of nitrogens with one attached hydrogen (secondary N) is 1. The third-order valence-corrected chi connectivity index (χ3v) is 6.49. The average molecular weight is 475 g/mol. The van der Waals surface area contributed by atoms with Crippen molar-refractivity contribution in [3.05, 3.63) is 64.1 Å². The number of aryl methyl sites for hydroxylation is 1. The van der Waals surface area contributed by atoms with Crippen molar-refractivity contribution in [2.75, 3.05) is 43.4 Å². The Morgan fingerprint density at radius 1 is 1.03 bits per heavy atom. The number of aromatic carboxylic acids is 1. The van der Waals surface area contributed by atoms with Crippen LogP contribution in [0.3, 0.4) is 0 Å². The summed E-state index contributed by atoms with van der Waals surface area (Å²) >= 11 is 0. The Morgan fingerprint density at radius 2 is 1.77 bits per heavy atom. The number of hydrogen-bond donors (Lipinski definition) is 2. The first kappa shape index (κ1) is 22.7. The zero-order valence-corrected chi connectivity index (χ0v) is 19.8. The molecule has 9 heteroatoms. The maximum atomic E-state index is 12.9. The molecule has 0 spiro atoms. The highest BCUT2D eigenvalue weighted by atomic mass is 16.4. The van der Waals surface area contributed by atoms with E-state index in [1.807, 2.05) is 30.5 Å². The average Bonchev–Trinajstić information content (AvgIpc) is 3.15. The van der Waals surface area contributed by atoms with E-state index in [9.17, 15) is 19.5 Å². The molecule has 2 aromatic carbocycles. The van der Waals surface area contributed by atoms with Crippen LogP contribution in [0.15, 0.2) is 51.7 Å². The van der Waals surface area contributed by atoms with Crippen LogP contribution in [0.2, 0.25) is 0 Å². The number of carbonyl (C=O) groups is 2. The van der Waals surface area contributed by atoms with Crippen molar-refractivity contribution in [3.8, 4) is 11.1 Å². The summed E-state index contributed by atoms with van der Waals surface area (Å²) in [6.45, 7) is 6.48. The summed E-state index contributed by atoms with van der Waals surface area (Å²) < 4.78 is 7.64. The Kier molecular flexibility index (Phi) is 5.56. The van der Waals surface area contributed by atoms with Gasteiger partial charge in [0, 0.05) is 50.0 Å². The Morgan fingerprint density at radius 3 is 2.46 bits per heavy atom. The van der Waals surface area contributed by atoms with Crippen LogP contribution in [0.5, 0.6) is 0 Å². The molecular weight excluding hydrogens is 448 g/mol. The lowest BCUT2D eigenvalue weighted by molar-refractivity contribution is -0.114. The molecule has 180 valence electrons. The van der Waals surface area contributed by atoms with Crippen LogP contribution in [-0.2, 0) is 4.79 Å². The molecular formula is C26H26N4O5. The molecule has 1 saturated heterocycles. The standard InChI is InChI=1S/C26H26N4O5/c1-15-12-20(17-4-6-19(25(32)33)23(13-17)29-10-8-28(3)9-11-29)24-30(15)22-7-5-18(27-16(2)31)14-21(22)26(34)35-24/h4-7,12-14H,8-11H2,1-3H3,(H,27,31)(H,32,33).